The van der Waals surface area contributed by atoms with Gasteiger partial charge in [-0.3, -0.25) is 0 Å². The van der Waals surface area contributed by atoms with Crippen LogP contribution in [0.4, 0.5) is 0 Å². The van der Waals surface area contributed by atoms with Crippen LogP contribution < -0.4 is 0 Å². The number of rotatable bonds is 11. The van der Waals surface area contributed by atoms with E-state index in [9.17, 15) is 0 Å². The molecule has 0 radical (unpaired) electrons. The quantitative estimate of drug-likeness (QED) is 0.130. The molecule has 0 aliphatic carbocycles. The molecule has 0 fully saturated rings. The zero-order valence-corrected chi connectivity index (χ0v) is 39.5. The summed E-state index contributed by atoms with van der Waals surface area (Å²) in [6.45, 7) is 0. The zero-order valence-electron chi connectivity index (χ0n) is 39.5. The van der Waals surface area contributed by atoms with E-state index in [1.807, 2.05) is 0 Å². The summed E-state index contributed by atoms with van der Waals surface area (Å²) < 4.78 is 0. The average molecular weight is 918 g/mol. The molecule has 0 bridgehead atoms. The Morgan fingerprint density at radius 1 is 0.125 bits per heavy atom. The van der Waals surface area contributed by atoms with Gasteiger partial charge in [-0.05, 0) is 144 Å². The lowest BCUT2D eigenvalue weighted by Crippen LogP contribution is -2.01. The van der Waals surface area contributed by atoms with Gasteiger partial charge in [0.1, 0.15) is 0 Å². The Morgan fingerprint density at radius 3 is 0.458 bits per heavy atom. The van der Waals surface area contributed by atoms with Gasteiger partial charge in [-0.2, -0.15) is 0 Å². The van der Waals surface area contributed by atoms with Crippen LogP contribution in [0.3, 0.4) is 0 Å². The second kappa shape index (κ2) is 19.8. The highest BCUT2D eigenvalue weighted by atomic mass is 15.0. The average Bonchev–Trinajstić information content (AvgIpc) is 3.48. The van der Waals surface area contributed by atoms with E-state index >= 15 is 0 Å². The van der Waals surface area contributed by atoms with Gasteiger partial charge in [-0.25, -0.2) is 15.0 Å². The molecule has 3 nitrogen and oxygen atoms in total. The lowest BCUT2D eigenvalue weighted by Gasteiger charge is -2.15. The van der Waals surface area contributed by atoms with Crippen molar-refractivity contribution in [3.63, 3.8) is 0 Å². The molecule has 0 aliphatic heterocycles. The molecule has 0 saturated heterocycles. The van der Waals surface area contributed by atoms with Crippen molar-refractivity contribution < 1.29 is 0 Å². The highest BCUT2D eigenvalue weighted by Crippen LogP contribution is 2.39. The molecule has 0 N–H and O–H groups in total. The summed E-state index contributed by atoms with van der Waals surface area (Å²) in [6.07, 6.45) is 0. The van der Waals surface area contributed by atoms with E-state index in [4.69, 9.17) is 15.0 Å². The van der Waals surface area contributed by atoms with Crippen molar-refractivity contribution in [3.8, 4) is 123 Å². The first-order chi connectivity index (χ1) is 35.6. The van der Waals surface area contributed by atoms with Crippen LogP contribution in [0, 0.1) is 0 Å². The lowest BCUT2D eigenvalue weighted by atomic mass is 9.93. The van der Waals surface area contributed by atoms with Gasteiger partial charge in [-0.15, -0.1) is 0 Å². The summed E-state index contributed by atoms with van der Waals surface area (Å²) >= 11 is 0. The molecule has 1 aromatic heterocycles. The molecule has 0 unspecified atom stereocenters. The van der Waals surface area contributed by atoms with Crippen LogP contribution in [0.2, 0.25) is 0 Å². The molecular weight excluding hydrogens is 871 g/mol. The van der Waals surface area contributed by atoms with Gasteiger partial charge < -0.3 is 0 Å². The number of aromatic nitrogens is 3. The first kappa shape index (κ1) is 43.7. The van der Waals surface area contributed by atoms with Gasteiger partial charge in [0, 0.05) is 16.7 Å². The zero-order chi connectivity index (χ0) is 48.1. The Morgan fingerprint density at radius 2 is 0.264 bits per heavy atom. The molecule has 0 amide bonds. The Labute approximate surface area is 421 Å². The third-order valence-electron chi connectivity index (χ3n) is 13.3. The van der Waals surface area contributed by atoms with Crippen molar-refractivity contribution in [1.29, 1.82) is 0 Å². The normalized spacial score (nSPS) is 11.1. The molecule has 3 heteroatoms. The van der Waals surface area contributed by atoms with Crippen molar-refractivity contribution >= 4 is 0 Å². The van der Waals surface area contributed by atoms with Gasteiger partial charge >= 0.3 is 0 Å². The number of hydrogen-bond acceptors (Lipinski definition) is 3. The van der Waals surface area contributed by atoms with Crippen LogP contribution >= 0.6 is 0 Å². The van der Waals surface area contributed by atoms with Crippen LogP contribution in [0.5, 0.6) is 0 Å². The van der Waals surface area contributed by atoms with Crippen LogP contribution in [-0.2, 0) is 0 Å². The van der Waals surface area contributed by atoms with Crippen molar-refractivity contribution in [3.05, 3.63) is 285 Å². The molecular formula is C69H47N3. The number of benzene rings is 11. The molecule has 12 rings (SSSR count). The number of nitrogens with zero attached hydrogens (tertiary/aromatic N) is 3. The Bertz CT molecular complexity index is 3420. The molecule has 11 aromatic carbocycles. The highest BCUT2D eigenvalue weighted by Gasteiger charge is 2.19. The monoisotopic (exact) mass is 917 g/mol. The largest absolute Gasteiger partial charge is 0.208 e. The fourth-order valence-corrected chi connectivity index (χ4v) is 9.53. The fourth-order valence-electron chi connectivity index (χ4n) is 9.53. The highest BCUT2D eigenvalue weighted by molar-refractivity contribution is 5.85. The van der Waals surface area contributed by atoms with Crippen molar-refractivity contribution in [2.45, 2.75) is 0 Å². The van der Waals surface area contributed by atoms with Crippen molar-refractivity contribution in [2.24, 2.45) is 0 Å². The summed E-state index contributed by atoms with van der Waals surface area (Å²) in [5.41, 5.74) is 20.5. The minimum Gasteiger partial charge on any atom is -0.208 e. The smallest absolute Gasteiger partial charge is 0.164 e. The molecule has 0 spiro atoms. The predicted molar refractivity (Wildman–Crippen MR) is 300 cm³/mol. The Balaban J connectivity index is 1.09. The number of hydrogen-bond donors (Lipinski definition) is 0. The first-order valence-electron chi connectivity index (χ1n) is 24.4. The standard InChI is InChI=1S/C69H47N3/c1-7-19-48(20-8-1)54-31-35-56(36-32-54)62-41-63(57-37-33-55(34-38-57)49-21-9-2-10-22-49)47-66(46-62)69-71-67(64-42-58(50-23-11-3-12-24-50)39-59(43-64)51-25-13-4-14-26-51)70-68(72-69)65-44-60(52-27-15-5-16-28-52)40-61(45-65)53-29-17-6-18-30-53/h1-47H. The lowest BCUT2D eigenvalue weighted by molar-refractivity contribution is 1.07. The van der Waals surface area contributed by atoms with Crippen LogP contribution in [0.15, 0.2) is 285 Å². The molecule has 72 heavy (non-hydrogen) atoms. The maximum absolute atomic E-state index is 5.49. The van der Waals surface area contributed by atoms with E-state index in [0.29, 0.717) is 17.5 Å². The molecule has 338 valence electrons. The van der Waals surface area contributed by atoms with Crippen molar-refractivity contribution in [1.82, 2.24) is 15.0 Å². The third kappa shape index (κ3) is 9.43. The van der Waals surface area contributed by atoms with E-state index in [1.54, 1.807) is 0 Å². The van der Waals surface area contributed by atoms with Crippen LogP contribution in [0.1, 0.15) is 0 Å². The molecule has 0 atom stereocenters. The van der Waals surface area contributed by atoms with Crippen LogP contribution in [-0.4, -0.2) is 15.0 Å². The van der Waals surface area contributed by atoms with Crippen molar-refractivity contribution in [2.75, 3.05) is 0 Å². The van der Waals surface area contributed by atoms with Crippen LogP contribution in [0.25, 0.3) is 123 Å². The summed E-state index contributed by atoms with van der Waals surface area (Å²) in [5.74, 6) is 1.75. The molecule has 0 saturated carbocycles. The first-order valence-corrected chi connectivity index (χ1v) is 24.4. The Hall–Kier alpha value is -9.57. The minimum absolute atomic E-state index is 0.581. The second-order valence-corrected chi connectivity index (χ2v) is 18.1. The van der Waals surface area contributed by atoms with E-state index in [1.165, 1.54) is 22.3 Å². The molecule has 12 aromatic rings. The SMILES string of the molecule is c1ccc(-c2ccc(-c3cc(-c4ccc(-c5ccccc5)cc4)cc(-c4nc(-c5cc(-c6ccccc6)cc(-c6ccccc6)c5)nc(-c5cc(-c6ccccc6)cc(-c6ccccc6)c5)n4)c3)cc2)cc1. The summed E-state index contributed by atoms with van der Waals surface area (Å²) in [7, 11) is 0. The van der Waals surface area contributed by atoms with E-state index < -0.39 is 0 Å². The maximum Gasteiger partial charge on any atom is 0.164 e. The maximum atomic E-state index is 5.49. The van der Waals surface area contributed by atoms with Gasteiger partial charge in [0.2, 0.25) is 0 Å². The van der Waals surface area contributed by atoms with Gasteiger partial charge in [-0.1, -0.05) is 231 Å². The molecule has 0 aliphatic rings. The van der Waals surface area contributed by atoms with E-state index in [2.05, 4.69) is 285 Å². The van der Waals surface area contributed by atoms with Gasteiger partial charge in [0.05, 0.1) is 0 Å². The van der Waals surface area contributed by atoms with Gasteiger partial charge in [0.15, 0.2) is 17.5 Å². The second-order valence-electron chi connectivity index (χ2n) is 18.1. The van der Waals surface area contributed by atoms with Gasteiger partial charge in [0.25, 0.3) is 0 Å². The summed E-state index contributed by atoms with van der Waals surface area (Å²) in [4.78, 5) is 16.4. The van der Waals surface area contributed by atoms with E-state index in [-0.39, 0.29) is 0 Å². The minimum atomic E-state index is 0.581. The Kier molecular flexibility index (Phi) is 12.0. The summed E-state index contributed by atoms with van der Waals surface area (Å²) in [5, 5.41) is 0. The topological polar surface area (TPSA) is 38.7 Å². The fraction of sp³-hybridized carbons (Fsp3) is 0. The van der Waals surface area contributed by atoms with E-state index in [0.717, 1.165) is 83.5 Å². The molecule has 1 heterocycles. The predicted octanol–water partition coefficient (Wildman–Crippen LogP) is 18.2. The third-order valence-corrected chi connectivity index (χ3v) is 13.3. The summed E-state index contributed by atoms with van der Waals surface area (Å²) in [6, 6.07) is 101.